The number of guanidine groups is 1. The maximum absolute atomic E-state index is 11.7. The van der Waals surface area contributed by atoms with Crippen molar-refractivity contribution in [1.82, 2.24) is 15.5 Å². The Morgan fingerprint density at radius 2 is 1.81 bits per heavy atom. The lowest BCUT2D eigenvalue weighted by Gasteiger charge is -2.22. The van der Waals surface area contributed by atoms with Gasteiger partial charge in [-0.05, 0) is 30.2 Å². The normalized spacial score (nSPS) is 10.7. The molecular formula is C20H27IN4O. The predicted molar refractivity (Wildman–Crippen MR) is 118 cm³/mol. The molecule has 0 aromatic heterocycles. The lowest BCUT2D eigenvalue weighted by atomic mass is 10.1. The molecule has 0 heterocycles. The molecule has 2 aromatic carbocycles. The highest BCUT2D eigenvalue weighted by molar-refractivity contribution is 14.0. The summed E-state index contributed by atoms with van der Waals surface area (Å²) in [5.74, 6) is 0.730. The summed E-state index contributed by atoms with van der Waals surface area (Å²) in [7, 11) is 5.42. The third-order valence-corrected chi connectivity index (χ3v) is 3.98. The van der Waals surface area contributed by atoms with Crippen LogP contribution in [0.4, 0.5) is 0 Å². The quantitative estimate of drug-likeness (QED) is 0.405. The number of rotatable bonds is 5. The van der Waals surface area contributed by atoms with Crippen molar-refractivity contribution >= 4 is 35.8 Å². The molecule has 6 heteroatoms. The summed E-state index contributed by atoms with van der Waals surface area (Å²) in [5.41, 5.74) is 4.18. The second-order valence-corrected chi connectivity index (χ2v) is 6.02. The van der Waals surface area contributed by atoms with Crippen LogP contribution in [0, 0.1) is 6.92 Å². The number of carbonyl (C=O) groups is 1. The summed E-state index contributed by atoms with van der Waals surface area (Å²) in [6, 6.07) is 16.1. The second-order valence-electron chi connectivity index (χ2n) is 6.02. The Labute approximate surface area is 172 Å². The molecule has 0 aliphatic carbocycles. The molecule has 2 rings (SSSR count). The van der Waals surface area contributed by atoms with Crippen LogP contribution < -0.4 is 10.6 Å². The molecular weight excluding hydrogens is 439 g/mol. The number of aliphatic imine (C=N–C) groups is 1. The molecule has 0 atom stereocenters. The molecule has 0 fully saturated rings. The number of benzene rings is 2. The monoisotopic (exact) mass is 466 g/mol. The molecule has 26 heavy (non-hydrogen) atoms. The number of hydrogen-bond acceptors (Lipinski definition) is 2. The van der Waals surface area contributed by atoms with E-state index >= 15 is 0 Å². The molecule has 0 aliphatic heterocycles. The van der Waals surface area contributed by atoms with Gasteiger partial charge >= 0.3 is 0 Å². The van der Waals surface area contributed by atoms with Crippen LogP contribution in [0.5, 0.6) is 0 Å². The van der Waals surface area contributed by atoms with E-state index in [0.29, 0.717) is 12.1 Å². The van der Waals surface area contributed by atoms with Crippen LogP contribution in [-0.4, -0.2) is 37.9 Å². The summed E-state index contributed by atoms with van der Waals surface area (Å²) in [6.07, 6.45) is 0. The highest BCUT2D eigenvalue weighted by Gasteiger charge is 2.08. The van der Waals surface area contributed by atoms with Crippen LogP contribution in [0.1, 0.15) is 27.0 Å². The summed E-state index contributed by atoms with van der Waals surface area (Å²) in [6.45, 7) is 3.47. The van der Waals surface area contributed by atoms with Gasteiger partial charge in [-0.15, -0.1) is 24.0 Å². The van der Waals surface area contributed by atoms with Gasteiger partial charge in [-0.25, -0.2) is 0 Å². The van der Waals surface area contributed by atoms with Gasteiger partial charge in [0, 0.05) is 39.8 Å². The average Bonchev–Trinajstić information content (AvgIpc) is 2.63. The molecule has 2 aromatic rings. The standard InChI is InChI=1S/C20H26N4O.HI/c1-15-8-10-16(11-9-15)14-24(4)20(22-3)23-13-17-6-5-7-18(12-17)19(25)21-2;/h5-12H,13-14H2,1-4H3,(H,21,25)(H,22,23);1H. The van der Waals surface area contributed by atoms with Crippen molar-refractivity contribution in [3.8, 4) is 0 Å². The van der Waals surface area contributed by atoms with Crippen LogP contribution in [0.3, 0.4) is 0 Å². The zero-order chi connectivity index (χ0) is 18.2. The Kier molecular flexibility index (Phi) is 9.12. The fourth-order valence-electron chi connectivity index (χ4n) is 2.57. The number of nitrogens with one attached hydrogen (secondary N) is 2. The molecule has 0 bridgehead atoms. The van der Waals surface area contributed by atoms with E-state index in [4.69, 9.17) is 0 Å². The van der Waals surface area contributed by atoms with Crippen LogP contribution in [-0.2, 0) is 13.1 Å². The minimum Gasteiger partial charge on any atom is -0.355 e. The maximum Gasteiger partial charge on any atom is 0.251 e. The van der Waals surface area contributed by atoms with Gasteiger partial charge in [0.25, 0.3) is 5.91 Å². The Morgan fingerprint density at radius 1 is 1.12 bits per heavy atom. The molecule has 0 spiro atoms. The first kappa shape index (κ1) is 22.0. The lowest BCUT2D eigenvalue weighted by molar-refractivity contribution is 0.0963. The molecule has 1 amide bonds. The van der Waals surface area contributed by atoms with Crippen molar-refractivity contribution < 1.29 is 4.79 Å². The van der Waals surface area contributed by atoms with Gasteiger partial charge in [0.1, 0.15) is 0 Å². The lowest BCUT2D eigenvalue weighted by Crippen LogP contribution is -2.38. The smallest absolute Gasteiger partial charge is 0.251 e. The average molecular weight is 466 g/mol. The van der Waals surface area contributed by atoms with E-state index in [9.17, 15) is 4.79 Å². The fourth-order valence-corrected chi connectivity index (χ4v) is 2.57. The summed E-state index contributed by atoms with van der Waals surface area (Å²) in [5, 5.41) is 5.99. The predicted octanol–water partition coefficient (Wildman–Crippen LogP) is 3.18. The molecule has 0 aliphatic rings. The zero-order valence-electron chi connectivity index (χ0n) is 15.7. The number of carbonyl (C=O) groups excluding carboxylic acids is 1. The van der Waals surface area contributed by atoms with E-state index < -0.39 is 0 Å². The summed E-state index contributed by atoms with van der Waals surface area (Å²) < 4.78 is 0. The molecule has 0 unspecified atom stereocenters. The highest BCUT2D eigenvalue weighted by Crippen LogP contribution is 2.08. The van der Waals surface area contributed by atoms with Gasteiger partial charge in [-0.3, -0.25) is 9.79 Å². The molecule has 140 valence electrons. The van der Waals surface area contributed by atoms with Crippen LogP contribution in [0.15, 0.2) is 53.5 Å². The number of nitrogens with zero attached hydrogens (tertiary/aromatic N) is 2. The van der Waals surface area contributed by atoms with Gasteiger partial charge in [0.15, 0.2) is 5.96 Å². The van der Waals surface area contributed by atoms with Gasteiger partial charge in [0.05, 0.1) is 0 Å². The third kappa shape index (κ3) is 6.33. The highest BCUT2D eigenvalue weighted by atomic mass is 127. The van der Waals surface area contributed by atoms with Crippen molar-refractivity contribution in [1.29, 1.82) is 0 Å². The van der Waals surface area contributed by atoms with Crippen molar-refractivity contribution in [3.63, 3.8) is 0 Å². The topological polar surface area (TPSA) is 56.7 Å². The van der Waals surface area contributed by atoms with Crippen molar-refractivity contribution in [3.05, 3.63) is 70.8 Å². The molecule has 0 saturated heterocycles. The van der Waals surface area contributed by atoms with Crippen LogP contribution in [0.25, 0.3) is 0 Å². The van der Waals surface area contributed by atoms with Gasteiger partial charge in [-0.1, -0.05) is 42.0 Å². The van der Waals surface area contributed by atoms with E-state index in [2.05, 4.69) is 51.7 Å². The Balaban J connectivity index is 0.00000338. The minimum absolute atomic E-state index is 0. The molecule has 5 nitrogen and oxygen atoms in total. The van der Waals surface area contributed by atoms with E-state index in [1.165, 1.54) is 11.1 Å². The third-order valence-electron chi connectivity index (χ3n) is 3.98. The first-order valence-corrected chi connectivity index (χ1v) is 8.32. The SMILES string of the molecule is CN=C(NCc1cccc(C(=O)NC)c1)N(C)Cc1ccc(C)cc1.I. The van der Waals surface area contributed by atoms with Crippen molar-refractivity contribution in [2.45, 2.75) is 20.0 Å². The van der Waals surface area contributed by atoms with E-state index in [1.54, 1.807) is 20.2 Å². The second kappa shape index (κ2) is 10.8. The molecule has 0 saturated carbocycles. The largest absolute Gasteiger partial charge is 0.355 e. The Bertz CT molecular complexity index is 744. The Morgan fingerprint density at radius 3 is 2.42 bits per heavy atom. The fraction of sp³-hybridized carbons (Fsp3) is 0.300. The summed E-state index contributed by atoms with van der Waals surface area (Å²) in [4.78, 5) is 18.2. The molecule has 0 radical (unpaired) electrons. The van der Waals surface area contributed by atoms with Crippen molar-refractivity contribution in [2.24, 2.45) is 4.99 Å². The number of hydrogen-bond donors (Lipinski definition) is 2. The Hall–Kier alpha value is -2.09. The van der Waals surface area contributed by atoms with Gasteiger partial charge in [0.2, 0.25) is 0 Å². The zero-order valence-corrected chi connectivity index (χ0v) is 18.1. The number of amides is 1. The van der Waals surface area contributed by atoms with E-state index in [0.717, 1.165) is 18.1 Å². The number of aryl methyl sites for hydroxylation is 1. The van der Waals surface area contributed by atoms with Gasteiger partial charge in [-0.2, -0.15) is 0 Å². The molecule has 2 N–H and O–H groups in total. The van der Waals surface area contributed by atoms with Crippen molar-refractivity contribution in [2.75, 3.05) is 21.1 Å². The van der Waals surface area contributed by atoms with Crippen LogP contribution in [0.2, 0.25) is 0 Å². The first-order chi connectivity index (χ1) is 12.0. The van der Waals surface area contributed by atoms with Gasteiger partial charge < -0.3 is 15.5 Å². The van der Waals surface area contributed by atoms with E-state index in [1.807, 2.05) is 25.2 Å². The first-order valence-electron chi connectivity index (χ1n) is 8.32. The van der Waals surface area contributed by atoms with E-state index in [-0.39, 0.29) is 29.9 Å². The minimum atomic E-state index is -0.0808. The van der Waals surface area contributed by atoms with Crippen LogP contribution >= 0.6 is 24.0 Å². The number of halogens is 1. The summed E-state index contributed by atoms with van der Waals surface area (Å²) >= 11 is 0. The maximum atomic E-state index is 11.7.